The van der Waals surface area contributed by atoms with Crippen LogP contribution in [-0.2, 0) is 16.1 Å². The second-order valence-electron chi connectivity index (χ2n) is 4.64. The number of hydrogen-bond donors (Lipinski definition) is 1. The highest BCUT2D eigenvalue weighted by molar-refractivity contribution is 7.80. The molecule has 1 aliphatic rings. The van der Waals surface area contributed by atoms with Crippen LogP contribution in [0, 0.1) is 6.92 Å². The van der Waals surface area contributed by atoms with Crippen LogP contribution < -0.4 is 11.3 Å². The van der Waals surface area contributed by atoms with Crippen molar-refractivity contribution in [1.82, 2.24) is 9.47 Å². The lowest BCUT2D eigenvalue weighted by atomic mass is 10.2. The third kappa shape index (κ3) is 3.05. The Bertz CT molecular complexity index is 591. The van der Waals surface area contributed by atoms with Crippen molar-refractivity contribution in [3.8, 4) is 0 Å². The molecular formula is C13H17N3O3S. The molecule has 108 valence electrons. The van der Waals surface area contributed by atoms with E-state index in [0.29, 0.717) is 32.0 Å². The minimum atomic E-state index is -0.320. The number of ether oxygens (including phenoxy) is 1. The Labute approximate surface area is 122 Å². The first-order valence-electron chi connectivity index (χ1n) is 6.36. The van der Waals surface area contributed by atoms with Gasteiger partial charge in [-0.3, -0.25) is 9.59 Å². The van der Waals surface area contributed by atoms with Crippen LogP contribution in [0.5, 0.6) is 0 Å². The average molecular weight is 295 g/mol. The number of rotatable bonds is 3. The molecule has 1 fully saturated rings. The van der Waals surface area contributed by atoms with Crippen molar-refractivity contribution in [1.29, 1.82) is 0 Å². The summed E-state index contributed by atoms with van der Waals surface area (Å²) in [6.07, 6.45) is 0. The van der Waals surface area contributed by atoms with E-state index in [9.17, 15) is 9.59 Å². The number of nitrogens with two attached hydrogens (primary N) is 1. The van der Waals surface area contributed by atoms with Gasteiger partial charge in [-0.2, -0.15) is 0 Å². The normalized spacial score (nSPS) is 15.2. The van der Waals surface area contributed by atoms with Gasteiger partial charge in [0.2, 0.25) is 5.91 Å². The lowest BCUT2D eigenvalue weighted by Crippen LogP contribution is -2.44. The molecule has 0 saturated carbocycles. The van der Waals surface area contributed by atoms with Gasteiger partial charge in [0.1, 0.15) is 11.5 Å². The van der Waals surface area contributed by atoms with Crippen LogP contribution in [0.1, 0.15) is 11.3 Å². The molecule has 6 nitrogen and oxygen atoms in total. The van der Waals surface area contributed by atoms with Gasteiger partial charge in [-0.25, -0.2) is 0 Å². The van der Waals surface area contributed by atoms with Crippen molar-refractivity contribution >= 4 is 23.1 Å². The highest BCUT2D eigenvalue weighted by atomic mass is 32.1. The standard InChI is InChI=1S/C13H17N3O3S/c1-9-2-3-10(12(14)20)13(18)16(9)8-11(17)15-4-6-19-7-5-15/h2-3H,4-8H2,1H3,(H2,14,20). The molecule has 2 heterocycles. The highest BCUT2D eigenvalue weighted by Gasteiger charge is 2.19. The van der Waals surface area contributed by atoms with E-state index < -0.39 is 0 Å². The fraction of sp³-hybridized carbons (Fsp3) is 0.462. The van der Waals surface area contributed by atoms with E-state index in [1.807, 2.05) is 0 Å². The van der Waals surface area contributed by atoms with Gasteiger partial charge >= 0.3 is 0 Å². The van der Waals surface area contributed by atoms with Crippen LogP contribution in [0.2, 0.25) is 0 Å². The Morgan fingerprint density at radius 3 is 2.65 bits per heavy atom. The molecule has 0 aliphatic carbocycles. The highest BCUT2D eigenvalue weighted by Crippen LogP contribution is 2.03. The second kappa shape index (κ2) is 6.15. The van der Waals surface area contributed by atoms with Crippen molar-refractivity contribution in [3.63, 3.8) is 0 Å². The summed E-state index contributed by atoms with van der Waals surface area (Å²) in [5.41, 5.74) is 6.16. The van der Waals surface area contributed by atoms with Crippen LogP contribution >= 0.6 is 12.2 Å². The maximum atomic E-state index is 12.2. The number of aryl methyl sites for hydroxylation is 1. The molecule has 1 aliphatic heterocycles. The maximum Gasteiger partial charge on any atom is 0.261 e. The van der Waals surface area contributed by atoms with E-state index in [-0.39, 0.29) is 28.6 Å². The van der Waals surface area contributed by atoms with Crippen LogP contribution in [0.15, 0.2) is 16.9 Å². The predicted molar refractivity (Wildman–Crippen MR) is 78.7 cm³/mol. The van der Waals surface area contributed by atoms with E-state index >= 15 is 0 Å². The van der Waals surface area contributed by atoms with E-state index in [2.05, 4.69) is 0 Å². The molecular weight excluding hydrogens is 278 g/mol. The number of morpholine rings is 1. The molecule has 1 aromatic heterocycles. The third-order valence-electron chi connectivity index (χ3n) is 3.32. The Kier molecular flexibility index (Phi) is 4.51. The zero-order chi connectivity index (χ0) is 14.7. The molecule has 1 amide bonds. The van der Waals surface area contributed by atoms with Gasteiger partial charge in [0.05, 0.1) is 18.8 Å². The van der Waals surface area contributed by atoms with Gasteiger partial charge in [-0.05, 0) is 19.1 Å². The van der Waals surface area contributed by atoms with Crippen LogP contribution in [0.25, 0.3) is 0 Å². The third-order valence-corrected chi connectivity index (χ3v) is 3.54. The molecule has 1 aromatic rings. The first-order chi connectivity index (χ1) is 9.50. The number of nitrogens with zero attached hydrogens (tertiary/aromatic N) is 2. The predicted octanol–water partition coefficient (Wildman–Crippen LogP) is -0.350. The van der Waals surface area contributed by atoms with Gasteiger partial charge in [0.25, 0.3) is 5.56 Å². The summed E-state index contributed by atoms with van der Waals surface area (Å²) in [4.78, 5) is 26.2. The van der Waals surface area contributed by atoms with Gasteiger partial charge < -0.3 is 19.9 Å². The number of amides is 1. The molecule has 0 atom stereocenters. The van der Waals surface area contributed by atoms with Gasteiger partial charge in [0.15, 0.2) is 0 Å². The monoisotopic (exact) mass is 295 g/mol. The fourth-order valence-electron chi connectivity index (χ4n) is 2.10. The van der Waals surface area contributed by atoms with Crippen LogP contribution in [0.3, 0.4) is 0 Å². The Balaban J connectivity index is 2.24. The molecule has 7 heteroatoms. The van der Waals surface area contributed by atoms with Crippen LogP contribution in [-0.4, -0.2) is 46.7 Å². The second-order valence-corrected chi connectivity index (χ2v) is 5.08. The van der Waals surface area contributed by atoms with Gasteiger partial charge in [-0.1, -0.05) is 12.2 Å². The number of thiocarbonyl (C=S) groups is 1. The quantitative estimate of drug-likeness (QED) is 0.771. The smallest absolute Gasteiger partial charge is 0.261 e. The molecule has 0 bridgehead atoms. The molecule has 1 saturated heterocycles. The first kappa shape index (κ1) is 14.7. The lowest BCUT2D eigenvalue weighted by Gasteiger charge is -2.27. The van der Waals surface area contributed by atoms with Crippen LogP contribution in [0.4, 0.5) is 0 Å². The van der Waals surface area contributed by atoms with Crippen molar-refractivity contribution in [2.24, 2.45) is 5.73 Å². The molecule has 2 N–H and O–H groups in total. The average Bonchev–Trinajstić information content (AvgIpc) is 2.43. The summed E-state index contributed by atoms with van der Waals surface area (Å²) >= 11 is 4.84. The number of pyridine rings is 1. The van der Waals surface area contributed by atoms with Crippen molar-refractivity contribution in [3.05, 3.63) is 33.7 Å². The lowest BCUT2D eigenvalue weighted by molar-refractivity contribution is -0.136. The molecule has 0 unspecified atom stereocenters. The van der Waals surface area contributed by atoms with E-state index in [4.69, 9.17) is 22.7 Å². The zero-order valence-corrected chi connectivity index (χ0v) is 12.1. The Hall–Kier alpha value is -1.73. The van der Waals surface area contributed by atoms with E-state index in [1.165, 1.54) is 4.57 Å². The molecule has 20 heavy (non-hydrogen) atoms. The number of carbonyl (C=O) groups is 1. The summed E-state index contributed by atoms with van der Waals surface area (Å²) in [5.74, 6) is -0.0985. The topological polar surface area (TPSA) is 77.6 Å². The molecule has 0 radical (unpaired) electrons. The number of carbonyl (C=O) groups excluding carboxylic acids is 1. The van der Waals surface area contributed by atoms with Crippen molar-refractivity contribution in [2.45, 2.75) is 13.5 Å². The van der Waals surface area contributed by atoms with Gasteiger partial charge in [0, 0.05) is 18.8 Å². The summed E-state index contributed by atoms with van der Waals surface area (Å²) in [6, 6.07) is 3.33. The maximum absolute atomic E-state index is 12.2. The zero-order valence-electron chi connectivity index (χ0n) is 11.3. The largest absolute Gasteiger partial charge is 0.389 e. The minimum Gasteiger partial charge on any atom is -0.389 e. The molecule has 2 rings (SSSR count). The summed E-state index contributed by atoms with van der Waals surface area (Å²) in [6.45, 7) is 3.96. The SMILES string of the molecule is Cc1ccc(C(N)=S)c(=O)n1CC(=O)N1CCOCC1. The fourth-order valence-corrected chi connectivity index (χ4v) is 2.26. The molecule has 0 aromatic carbocycles. The number of aromatic nitrogens is 1. The van der Waals surface area contributed by atoms with E-state index in [0.717, 1.165) is 0 Å². The molecule has 0 spiro atoms. The summed E-state index contributed by atoms with van der Waals surface area (Å²) in [5, 5.41) is 0. The number of hydrogen-bond acceptors (Lipinski definition) is 4. The summed E-state index contributed by atoms with van der Waals surface area (Å²) < 4.78 is 6.61. The van der Waals surface area contributed by atoms with Gasteiger partial charge in [-0.15, -0.1) is 0 Å². The van der Waals surface area contributed by atoms with Crippen molar-refractivity contribution < 1.29 is 9.53 Å². The first-order valence-corrected chi connectivity index (χ1v) is 6.77. The minimum absolute atomic E-state index is 0.00111. The Morgan fingerprint density at radius 1 is 1.40 bits per heavy atom. The van der Waals surface area contributed by atoms with Crippen molar-refractivity contribution in [2.75, 3.05) is 26.3 Å². The summed E-state index contributed by atoms with van der Waals surface area (Å²) in [7, 11) is 0. The van der Waals surface area contributed by atoms with E-state index in [1.54, 1.807) is 24.0 Å². The Morgan fingerprint density at radius 2 is 2.05 bits per heavy atom.